The Morgan fingerprint density at radius 3 is 2.54 bits per heavy atom. The molecule has 2 fully saturated rings. The van der Waals surface area contributed by atoms with E-state index in [1.54, 1.807) is 31.2 Å². The maximum absolute atomic E-state index is 12.4. The Bertz CT molecular complexity index is 931. The van der Waals surface area contributed by atoms with Gasteiger partial charge in [-0.3, -0.25) is 9.59 Å². The van der Waals surface area contributed by atoms with Crippen LogP contribution in [0.4, 0.5) is 0 Å². The van der Waals surface area contributed by atoms with Gasteiger partial charge in [-0.2, -0.15) is 8.42 Å². The van der Waals surface area contributed by atoms with E-state index < -0.39 is 16.1 Å². The second kappa shape index (κ2) is 7.20. The summed E-state index contributed by atoms with van der Waals surface area (Å²) in [5.41, 5.74) is 0.605. The van der Waals surface area contributed by atoms with Crippen LogP contribution in [0, 0.1) is 5.92 Å². The van der Waals surface area contributed by atoms with Crippen LogP contribution in [0.2, 0.25) is 0 Å². The van der Waals surface area contributed by atoms with Crippen molar-refractivity contribution in [2.24, 2.45) is 10.3 Å². The number of rotatable bonds is 4. The summed E-state index contributed by atoms with van der Waals surface area (Å²) in [4.78, 5) is 26.5. The Kier molecular flexibility index (Phi) is 4.86. The molecule has 9 heteroatoms. The quantitative estimate of drug-likeness (QED) is 0.751. The van der Waals surface area contributed by atoms with Gasteiger partial charge in [-0.25, -0.2) is 0 Å². The van der Waals surface area contributed by atoms with Crippen LogP contribution >= 0.6 is 0 Å². The standard InChI is InChI=1S/C19H23N3O5S/c1-12(18(23)20-14-6-7-14)27-19(24)13-8-10-22(11-9-13)17-15-4-2-3-5-16(15)28(25,26)21-17/h2-5,12-14H,6-11H2,1H3,(H,20,23)/t12-/m1/s1. The van der Waals surface area contributed by atoms with Gasteiger partial charge < -0.3 is 15.0 Å². The molecule has 1 saturated heterocycles. The van der Waals surface area contributed by atoms with Crippen molar-refractivity contribution >= 4 is 27.7 Å². The van der Waals surface area contributed by atoms with Gasteiger partial charge >= 0.3 is 5.97 Å². The van der Waals surface area contributed by atoms with E-state index in [1.807, 2.05) is 4.90 Å². The summed E-state index contributed by atoms with van der Waals surface area (Å²) in [6, 6.07) is 6.99. The average molecular weight is 405 g/mol. The van der Waals surface area contributed by atoms with E-state index in [2.05, 4.69) is 9.71 Å². The zero-order valence-electron chi connectivity index (χ0n) is 15.6. The van der Waals surface area contributed by atoms with Gasteiger partial charge in [0, 0.05) is 24.7 Å². The molecule has 1 aromatic rings. The number of nitrogens with zero attached hydrogens (tertiary/aromatic N) is 2. The van der Waals surface area contributed by atoms with Crippen molar-refractivity contribution < 1.29 is 22.7 Å². The molecule has 1 aromatic carbocycles. The zero-order valence-corrected chi connectivity index (χ0v) is 16.4. The SMILES string of the molecule is C[C@@H](OC(=O)C1CCN(C2=NS(=O)(=O)c3ccccc32)CC1)C(=O)NC1CC1. The van der Waals surface area contributed by atoms with Gasteiger partial charge in [0.1, 0.15) is 4.90 Å². The minimum absolute atomic E-state index is 0.224. The number of hydrogen-bond donors (Lipinski definition) is 1. The summed E-state index contributed by atoms with van der Waals surface area (Å²) in [7, 11) is -3.65. The summed E-state index contributed by atoms with van der Waals surface area (Å²) in [6.45, 7) is 2.59. The number of amidine groups is 1. The number of ether oxygens (including phenoxy) is 1. The van der Waals surface area contributed by atoms with Crippen LogP contribution in [0.3, 0.4) is 0 Å². The normalized spacial score (nSPS) is 22.2. The van der Waals surface area contributed by atoms with Crippen molar-refractivity contribution in [2.75, 3.05) is 13.1 Å². The van der Waals surface area contributed by atoms with Gasteiger partial charge in [-0.1, -0.05) is 12.1 Å². The molecule has 28 heavy (non-hydrogen) atoms. The molecule has 8 nitrogen and oxygen atoms in total. The monoisotopic (exact) mass is 405 g/mol. The number of esters is 1. The third-order valence-electron chi connectivity index (χ3n) is 5.33. The lowest BCUT2D eigenvalue weighted by atomic mass is 9.96. The summed E-state index contributed by atoms with van der Waals surface area (Å²) >= 11 is 0. The Hall–Kier alpha value is -2.42. The van der Waals surface area contributed by atoms with Gasteiger partial charge in [-0.15, -0.1) is 4.40 Å². The van der Waals surface area contributed by atoms with E-state index in [0.29, 0.717) is 37.3 Å². The van der Waals surface area contributed by atoms with Gasteiger partial charge in [0.2, 0.25) is 0 Å². The average Bonchev–Trinajstić information content (AvgIpc) is 3.45. The van der Waals surface area contributed by atoms with Crippen LogP contribution in [0.25, 0.3) is 0 Å². The molecule has 2 aliphatic heterocycles. The van der Waals surface area contributed by atoms with E-state index in [-0.39, 0.29) is 28.7 Å². The van der Waals surface area contributed by atoms with Crippen LogP contribution in [0.5, 0.6) is 0 Å². The highest BCUT2D eigenvalue weighted by molar-refractivity contribution is 7.90. The van der Waals surface area contributed by atoms with Gasteiger partial charge in [0.15, 0.2) is 11.9 Å². The Labute approximate surface area is 164 Å². The molecular weight excluding hydrogens is 382 g/mol. The number of nitrogens with one attached hydrogen (secondary N) is 1. The van der Waals surface area contributed by atoms with Crippen molar-refractivity contribution in [3.63, 3.8) is 0 Å². The molecule has 1 atom stereocenters. The summed E-state index contributed by atoms with van der Waals surface area (Å²) < 4.78 is 33.7. The zero-order chi connectivity index (χ0) is 19.9. The fourth-order valence-corrected chi connectivity index (χ4v) is 4.74. The minimum atomic E-state index is -3.65. The first kappa shape index (κ1) is 18.9. The number of benzene rings is 1. The molecule has 3 aliphatic rings. The van der Waals surface area contributed by atoms with Crippen molar-refractivity contribution in [2.45, 2.75) is 49.6 Å². The summed E-state index contributed by atoms with van der Waals surface area (Å²) in [5.74, 6) is -0.490. The fraction of sp³-hybridized carbons (Fsp3) is 0.526. The van der Waals surface area contributed by atoms with E-state index in [0.717, 1.165) is 12.8 Å². The highest BCUT2D eigenvalue weighted by atomic mass is 32.2. The predicted octanol–water partition coefficient (Wildman–Crippen LogP) is 1.06. The second-order valence-corrected chi connectivity index (χ2v) is 9.08. The maximum atomic E-state index is 12.4. The molecule has 0 radical (unpaired) electrons. The lowest BCUT2D eigenvalue weighted by molar-refractivity contribution is -0.160. The van der Waals surface area contributed by atoms with E-state index in [1.165, 1.54) is 0 Å². The molecule has 0 aromatic heterocycles. The fourth-order valence-electron chi connectivity index (χ4n) is 3.51. The minimum Gasteiger partial charge on any atom is -0.452 e. The van der Waals surface area contributed by atoms with Crippen molar-refractivity contribution in [1.29, 1.82) is 0 Å². The van der Waals surface area contributed by atoms with Gasteiger partial charge in [-0.05, 0) is 44.7 Å². The maximum Gasteiger partial charge on any atom is 0.309 e. The largest absolute Gasteiger partial charge is 0.452 e. The topological polar surface area (TPSA) is 105 Å². The molecule has 150 valence electrons. The highest BCUT2D eigenvalue weighted by Crippen LogP contribution is 2.30. The molecule has 1 aliphatic carbocycles. The molecule has 4 rings (SSSR count). The van der Waals surface area contributed by atoms with Crippen LogP contribution in [0.1, 0.15) is 38.2 Å². The predicted molar refractivity (Wildman–Crippen MR) is 101 cm³/mol. The number of carbonyl (C=O) groups is 2. The van der Waals surface area contributed by atoms with Crippen LogP contribution in [-0.2, 0) is 24.3 Å². The first-order chi connectivity index (χ1) is 13.3. The van der Waals surface area contributed by atoms with Crippen LogP contribution in [0.15, 0.2) is 33.6 Å². The molecule has 0 spiro atoms. The number of piperidine rings is 1. The third-order valence-corrected chi connectivity index (χ3v) is 6.65. The third kappa shape index (κ3) is 3.76. The van der Waals surface area contributed by atoms with Crippen LogP contribution in [-0.4, -0.2) is 56.3 Å². The first-order valence-electron chi connectivity index (χ1n) is 9.55. The van der Waals surface area contributed by atoms with E-state index in [4.69, 9.17) is 4.74 Å². The highest BCUT2D eigenvalue weighted by Gasteiger charge is 2.35. The van der Waals surface area contributed by atoms with E-state index >= 15 is 0 Å². The molecule has 0 bridgehead atoms. The van der Waals surface area contributed by atoms with E-state index in [9.17, 15) is 18.0 Å². The number of fused-ring (bicyclic) bond motifs is 1. The number of hydrogen-bond acceptors (Lipinski definition) is 6. The lowest BCUT2D eigenvalue weighted by Crippen LogP contribution is -2.42. The van der Waals surface area contributed by atoms with Crippen molar-refractivity contribution in [3.05, 3.63) is 29.8 Å². The van der Waals surface area contributed by atoms with Crippen LogP contribution < -0.4 is 5.32 Å². The first-order valence-corrected chi connectivity index (χ1v) is 11.0. The summed E-state index contributed by atoms with van der Waals surface area (Å²) in [6.07, 6.45) is 2.21. The second-order valence-electron chi connectivity index (χ2n) is 7.51. The smallest absolute Gasteiger partial charge is 0.309 e. The molecule has 1 N–H and O–H groups in total. The lowest BCUT2D eigenvalue weighted by Gasteiger charge is -2.32. The number of carbonyl (C=O) groups excluding carboxylic acids is 2. The van der Waals surface area contributed by atoms with Crippen molar-refractivity contribution in [3.8, 4) is 0 Å². The van der Waals surface area contributed by atoms with Crippen molar-refractivity contribution in [1.82, 2.24) is 10.2 Å². The Balaban J connectivity index is 1.35. The molecule has 2 heterocycles. The molecular formula is C19H23N3O5S. The molecule has 1 amide bonds. The van der Waals surface area contributed by atoms with Gasteiger partial charge in [0.05, 0.1) is 5.92 Å². The van der Waals surface area contributed by atoms with Gasteiger partial charge in [0.25, 0.3) is 15.9 Å². The number of amides is 1. The Morgan fingerprint density at radius 1 is 1.18 bits per heavy atom. The molecule has 0 unspecified atom stereocenters. The number of likely N-dealkylation sites (tertiary alicyclic amines) is 1. The number of sulfonamides is 1. The summed E-state index contributed by atoms with van der Waals surface area (Å²) in [5, 5.41) is 2.83. The Morgan fingerprint density at radius 2 is 1.86 bits per heavy atom. The molecule has 1 saturated carbocycles.